The average Bonchev–Trinajstić information content (AvgIpc) is 2.93. The lowest BCUT2D eigenvalue weighted by Crippen LogP contribution is -2.35. The highest BCUT2D eigenvalue weighted by Crippen LogP contribution is 2.57. The van der Waals surface area contributed by atoms with Gasteiger partial charge in [0, 0.05) is 0 Å². The number of carboxylic acid groups (broad SMARTS) is 1. The van der Waals surface area contributed by atoms with Crippen molar-refractivity contribution in [2.45, 2.75) is 52.4 Å². The summed E-state index contributed by atoms with van der Waals surface area (Å²) in [6.07, 6.45) is 6.48. The molecule has 2 fully saturated rings. The summed E-state index contributed by atoms with van der Waals surface area (Å²) < 4.78 is 0. The first-order valence-corrected chi connectivity index (χ1v) is 6.25. The largest absolute Gasteiger partial charge is 0.481 e. The first-order valence-electron chi connectivity index (χ1n) is 6.25. The summed E-state index contributed by atoms with van der Waals surface area (Å²) in [5, 5.41) is 9.06. The maximum absolute atomic E-state index is 11.0. The van der Waals surface area contributed by atoms with Gasteiger partial charge in [-0.1, -0.05) is 13.8 Å². The number of hydrogen-bond donors (Lipinski definition) is 1. The maximum Gasteiger partial charge on any atom is 0.303 e. The van der Waals surface area contributed by atoms with E-state index in [4.69, 9.17) is 5.11 Å². The normalized spacial score (nSPS) is 41.5. The van der Waals surface area contributed by atoms with Crippen molar-refractivity contribution in [3.05, 3.63) is 0 Å². The van der Waals surface area contributed by atoms with Gasteiger partial charge in [-0.05, 0) is 55.3 Å². The van der Waals surface area contributed by atoms with E-state index in [9.17, 15) is 4.79 Å². The van der Waals surface area contributed by atoms with Crippen molar-refractivity contribution in [3.63, 3.8) is 0 Å². The Morgan fingerprint density at radius 1 is 1.27 bits per heavy atom. The van der Waals surface area contributed by atoms with Crippen LogP contribution in [0.25, 0.3) is 0 Å². The summed E-state index contributed by atoms with van der Waals surface area (Å²) in [4.78, 5) is 11.0. The van der Waals surface area contributed by atoms with Crippen LogP contribution in [0.15, 0.2) is 0 Å². The minimum absolute atomic E-state index is 0.164. The molecule has 15 heavy (non-hydrogen) atoms. The summed E-state index contributed by atoms with van der Waals surface area (Å²) in [5.41, 5.74) is 0.164. The van der Waals surface area contributed by atoms with Crippen LogP contribution in [-0.4, -0.2) is 11.1 Å². The Labute approximate surface area is 92.1 Å². The Balaban J connectivity index is 2.09. The summed E-state index contributed by atoms with van der Waals surface area (Å²) in [6, 6.07) is 0. The van der Waals surface area contributed by atoms with Gasteiger partial charge in [-0.2, -0.15) is 0 Å². The molecule has 0 amide bonds. The van der Waals surface area contributed by atoms with Gasteiger partial charge in [-0.15, -0.1) is 0 Å². The van der Waals surface area contributed by atoms with Crippen molar-refractivity contribution in [3.8, 4) is 0 Å². The van der Waals surface area contributed by atoms with E-state index in [1.807, 2.05) is 0 Å². The monoisotopic (exact) mass is 210 g/mol. The standard InChI is InChI=1S/C13H22O2/c1-9-5-6-13(7-10(9)2,8-12(14)15)11-3-4-11/h9-11H,3-8H2,1-2H3,(H,14,15). The molecule has 2 rings (SSSR count). The molecule has 0 aromatic heterocycles. The fourth-order valence-corrected chi connectivity index (χ4v) is 3.42. The van der Waals surface area contributed by atoms with Crippen LogP contribution >= 0.6 is 0 Å². The highest BCUT2D eigenvalue weighted by atomic mass is 16.4. The number of aliphatic carboxylic acids is 1. The molecule has 2 aliphatic rings. The number of hydrogen-bond acceptors (Lipinski definition) is 1. The van der Waals surface area contributed by atoms with Crippen molar-refractivity contribution >= 4 is 5.97 Å². The van der Waals surface area contributed by atoms with Crippen molar-refractivity contribution in [2.24, 2.45) is 23.2 Å². The molecule has 86 valence electrons. The quantitative estimate of drug-likeness (QED) is 0.776. The molecule has 0 aliphatic heterocycles. The van der Waals surface area contributed by atoms with Crippen LogP contribution in [0.3, 0.4) is 0 Å². The van der Waals surface area contributed by atoms with Gasteiger partial charge < -0.3 is 5.11 Å². The molecule has 0 saturated heterocycles. The summed E-state index contributed by atoms with van der Waals surface area (Å²) in [6.45, 7) is 4.60. The molecule has 2 saturated carbocycles. The van der Waals surface area contributed by atoms with E-state index >= 15 is 0 Å². The number of carbonyl (C=O) groups is 1. The van der Waals surface area contributed by atoms with Crippen molar-refractivity contribution < 1.29 is 9.90 Å². The summed E-state index contributed by atoms with van der Waals surface area (Å²) in [5.74, 6) is 1.62. The van der Waals surface area contributed by atoms with Crippen LogP contribution in [0, 0.1) is 23.2 Å². The van der Waals surface area contributed by atoms with Crippen molar-refractivity contribution in [2.75, 3.05) is 0 Å². The molecule has 3 atom stereocenters. The van der Waals surface area contributed by atoms with E-state index in [-0.39, 0.29) is 5.41 Å². The van der Waals surface area contributed by atoms with E-state index in [1.165, 1.54) is 19.3 Å². The molecule has 1 N–H and O–H groups in total. The third-order valence-corrected chi connectivity index (χ3v) is 4.74. The van der Waals surface area contributed by atoms with Gasteiger partial charge in [-0.25, -0.2) is 0 Å². The summed E-state index contributed by atoms with van der Waals surface area (Å²) in [7, 11) is 0. The van der Waals surface area contributed by atoms with Gasteiger partial charge in [0.2, 0.25) is 0 Å². The molecule has 0 spiro atoms. The fourth-order valence-electron chi connectivity index (χ4n) is 3.42. The molecule has 0 heterocycles. The minimum atomic E-state index is -0.594. The van der Waals surface area contributed by atoms with Crippen molar-refractivity contribution in [1.29, 1.82) is 0 Å². The highest BCUT2D eigenvalue weighted by Gasteiger charge is 2.49. The predicted molar refractivity (Wildman–Crippen MR) is 59.6 cm³/mol. The van der Waals surface area contributed by atoms with Gasteiger partial charge in [-0.3, -0.25) is 4.79 Å². The van der Waals surface area contributed by atoms with E-state index in [2.05, 4.69) is 13.8 Å². The van der Waals surface area contributed by atoms with E-state index in [1.54, 1.807) is 0 Å². The Morgan fingerprint density at radius 3 is 2.40 bits per heavy atom. The van der Waals surface area contributed by atoms with Crippen molar-refractivity contribution in [1.82, 2.24) is 0 Å². The first-order chi connectivity index (χ1) is 7.03. The van der Waals surface area contributed by atoms with Gasteiger partial charge in [0.25, 0.3) is 0 Å². The predicted octanol–water partition coefficient (Wildman–Crippen LogP) is 3.31. The van der Waals surface area contributed by atoms with Gasteiger partial charge in [0.1, 0.15) is 0 Å². The SMILES string of the molecule is CC1CCC(CC(=O)O)(C2CC2)CC1C. The second kappa shape index (κ2) is 3.80. The number of rotatable bonds is 3. The highest BCUT2D eigenvalue weighted by molar-refractivity contribution is 5.67. The Morgan fingerprint density at radius 2 is 1.93 bits per heavy atom. The molecule has 0 bridgehead atoms. The lowest BCUT2D eigenvalue weighted by atomic mass is 9.62. The van der Waals surface area contributed by atoms with Crippen LogP contribution in [-0.2, 0) is 4.79 Å². The number of carboxylic acids is 1. The Kier molecular flexibility index (Phi) is 2.78. The maximum atomic E-state index is 11.0. The van der Waals surface area contributed by atoms with Crippen LogP contribution in [0.1, 0.15) is 52.4 Å². The molecule has 0 aromatic carbocycles. The third kappa shape index (κ3) is 2.19. The molecule has 2 nitrogen and oxygen atoms in total. The average molecular weight is 210 g/mol. The molecule has 3 unspecified atom stereocenters. The molecule has 0 aromatic rings. The van der Waals surface area contributed by atoms with Crippen LogP contribution in [0.4, 0.5) is 0 Å². The third-order valence-electron chi connectivity index (χ3n) is 4.74. The smallest absolute Gasteiger partial charge is 0.303 e. The molecular formula is C13H22O2. The second-order valence-corrected chi connectivity index (χ2v) is 5.90. The van der Waals surface area contributed by atoms with E-state index in [0.29, 0.717) is 12.3 Å². The Hall–Kier alpha value is -0.530. The lowest BCUT2D eigenvalue weighted by molar-refractivity contribution is -0.141. The van der Waals surface area contributed by atoms with Gasteiger partial charge >= 0.3 is 5.97 Å². The molecular weight excluding hydrogens is 188 g/mol. The zero-order valence-electron chi connectivity index (χ0n) is 9.83. The summed E-state index contributed by atoms with van der Waals surface area (Å²) >= 11 is 0. The fraction of sp³-hybridized carbons (Fsp3) is 0.923. The topological polar surface area (TPSA) is 37.3 Å². The second-order valence-electron chi connectivity index (χ2n) is 5.90. The zero-order chi connectivity index (χ0) is 11.1. The van der Waals surface area contributed by atoms with Crippen LogP contribution in [0.2, 0.25) is 0 Å². The molecule has 2 heteroatoms. The van der Waals surface area contributed by atoms with E-state index in [0.717, 1.165) is 24.7 Å². The Bertz CT molecular complexity index is 257. The molecule has 2 aliphatic carbocycles. The van der Waals surface area contributed by atoms with Crippen LogP contribution < -0.4 is 0 Å². The van der Waals surface area contributed by atoms with Gasteiger partial charge in [0.15, 0.2) is 0 Å². The minimum Gasteiger partial charge on any atom is -0.481 e. The lowest BCUT2D eigenvalue weighted by Gasteiger charge is -2.42. The molecule has 0 radical (unpaired) electrons. The van der Waals surface area contributed by atoms with Crippen LogP contribution in [0.5, 0.6) is 0 Å². The first kappa shape index (κ1) is 11.0. The zero-order valence-corrected chi connectivity index (χ0v) is 9.83. The van der Waals surface area contributed by atoms with Gasteiger partial charge in [0.05, 0.1) is 6.42 Å². The van der Waals surface area contributed by atoms with E-state index < -0.39 is 5.97 Å².